The Bertz CT molecular complexity index is 875. The van der Waals surface area contributed by atoms with E-state index in [1.54, 1.807) is 43.5 Å². The first kappa shape index (κ1) is 20.8. The van der Waals surface area contributed by atoms with E-state index >= 15 is 0 Å². The van der Waals surface area contributed by atoms with Gasteiger partial charge in [-0.2, -0.15) is 0 Å². The maximum absolute atomic E-state index is 12.0. The van der Waals surface area contributed by atoms with Crippen molar-refractivity contribution in [2.24, 2.45) is 0 Å². The van der Waals surface area contributed by atoms with E-state index in [-0.39, 0.29) is 0 Å². The molecule has 0 saturated heterocycles. The lowest BCUT2D eigenvalue weighted by atomic mass is 10.2. The van der Waals surface area contributed by atoms with Gasteiger partial charge >= 0.3 is 5.97 Å². The number of hydrogen-bond acceptors (Lipinski definition) is 6. The topological polar surface area (TPSA) is 83.1 Å². The molecule has 0 bridgehead atoms. The van der Waals surface area contributed by atoms with Crippen LogP contribution in [0.3, 0.4) is 0 Å². The fourth-order valence-electron chi connectivity index (χ4n) is 2.41. The highest BCUT2D eigenvalue weighted by Gasteiger charge is 2.10. The Morgan fingerprint density at radius 1 is 0.929 bits per heavy atom. The molecule has 1 N–H and O–H groups in total. The molecule has 0 fully saturated rings. The molecule has 28 heavy (non-hydrogen) atoms. The Kier molecular flexibility index (Phi) is 7.45. The van der Waals surface area contributed by atoms with Crippen LogP contribution in [0.5, 0.6) is 17.2 Å². The number of carbonyl (C=O) groups is 2. The molecule has 0 unspecified atom stereocenters. The van der Waals surface area contributed by atoms with Crippen molar-refractivity contribution in [3.8, 4) is 17.2 Å². The summed E-state index contributed by atoms with van der Waals surface area (Å²) in [4.78, 5) is 23.9. The molecular weight excluding hydrogens is 362 g/mol. The second-order valence-electron chi connectivity index (χ2n) is 5.81. The number of esters is 1. The highest BCUT2D eigenvalue weighted by Crippen LogP contribution is 2.28. The van der Waals surface area contributed by atoms with Crippen molar-refractivity contribution in [3.63, 3.8) is 0 Å². The SMILES string of the molecule is COc1ccc(C)cc1NC(=O)COC(=O)C=Cc1ccc(OC)c(OC)c1. The minimum atomic E-state index is -0.638. The summed E-state index contributed by atoms with van der Waals surface area (Å²) >= 11 is 0. The summed E-state index contributed by atoms with van der Waals surface area (Å²) in [6.07, 6.45) is 2.80. The number of carbonyl (C=O) groups excluding carboxylic acids is 2. The Morgan fingerprint density at radius 3 is 2.29 bits per heavy atom. The van der Waals surface area contributed by atoms with E-state index in [9.17, 15) is 9.59 Å². The van der Waals surface area contributed by atoms with Gasteiger partial charge in [0, 0.05) is 6.08 Å². The summed E-state index contributed by atoms with van der Waals surface area (Å²) in [7, 11) is 4.59. The second kappa shape index (κ2) is 10.0. The van der Waals surface area contributed by atoms with E-state index in [2.05, 4.69) is 5.32 Å². The van der Waals surface area contributed by atoms with E-state index in [1.807, 2.05) is 13.0 Å². The first-order valence-electron chi connectivity index (χ1n) is 8.48. The number of nitrogens with one attached hydrogen (secondary N) is 1. The zero-order valence-electron chi connectivity index (χ0n) is 16.3. The van der Waals surface area contributed by atoms with Crippen LogP contribution in [-0.2, 0) is 14.3 Å². The largest absolute Gasteiger partial charge is 0.495 e. The lowest BCUT2D eigenvalue weighted by Crippen LogP contribution is -2.20. The van der Waals surface area contributed by atoms with E-state index in [0.717, 1.165) is 11.1 Å². The van der Waals surface area contributed by atoms with Gasteiger partial charge < -0.3 is 24.3 Å². The zero-order valence-corrected chi connectivity index (χ0v) is 16.3. The number of anilines is 1. The number of hydrogen-bond donors (Lipinski definition) is 1. The molecule has 0 aromatic heterocycles. The van der Waals surface area contributed by atoms with Gasteiger partial charge in [0.1, 0.15) is 5.75 Å². The number of aryl methyl sites for hydroxylation is 1. The Labute approximate surface area is 163 Å². The first-order valence-corrected chi connectivity index (χ1v) is 8.48. The van der Waals surface area contributed by atoms with Crippen molar-refractivity contribution in [2.75, 3.05) is 33.3 Å². The Hall–Kier alpha value is -3.48. The molecule has 7 heteroatoms. The fraction of sp³-hybridized carbons (Fsp3) is 0.238. The molecule has 0 spiro atoms. The zero-order chi connectivity index (χ0) is 20.5. The molecule has 0 radical (unpaired) electrons. The standard InChI is InChI=1S/C21H23NO6/c1-14-5-8-17(25-2)16(11-14)22-20(23)13-28-21(24)10-7-15-6-9-18(26-3)19(12-15)27-4/h5-12H,13H2,1-4H3,(H,22,23). The predicted octanol–water partition coefficient (Wildman–Crippen LogP) is 3.22. The molecule has 0 saturated carbocycles. The third kappa shape index (κ3) is 5.77. The minimum Gasteiger partial charge on any atom is -0.495 e. The highest BCUT2D eigenvalue weighted by molar-refractivity contribution is 5.95. The third-order valence-corrected chi connectivity index (χ3v) is 3.79. The minimum absolute atomic E-state index is 0.411. The number of rotatable bonds is 8. The molecule has 2 aromatic carbocycles. The van der Waals surface area contributed by atoms with Gasteiger partial charge in [-0.25, -0.2) is 4.79 Å². The third-order valence-electron chi connectivity index (χ3n) is 3.79. The van der Waals surface area contributed by atoms with Gasteiger partial charge in [0.25, 0.3) is 5.91 Å². The van der Waals surface area contributed by atoms with Gasteiger partial charge in [-0.1, -0.05) is 12.1 Å². The van der Waals surface area contributed by atoms with Crippen molar-refractivity contribution in [1.29, 1.82) is 0 Å². The van der Waals surface area contributed by atoms with E-state index in [0.29, 0.717) is 22.9 Å². The smallest absolute Gasteiger partial charge is 0.331 e. The van der Waals surface area contributed by atoms with Gasteiger partial charge in [0.2, 0.25) is 0 Å². The summed E-state index contributed by atoms with van der Waals surface area (Å²) in [6, 6.07) is 10.6. The van der Waals surface area contributed by atoms with Crippen LogP contribution in [0.4, 0.5) is 5.69 Å². The van der Waals surface area contributed by atoms with Crippen molar-refractivity contribution < 1.29 is 28.5 Å². The predicted molar refractivity (Wildman–Crippen MR) is 106 cm³/mol. The van der Waals surface area contributed by atoms with E-state index < -0.39 is 18.5 Å². The lowest BCUT2D eigenvalue weighted by molar-refractivity contribution is -0.142. The van der Waals surface area contributed by atoms with Crippen LogP contribution in [0.25, 0.3) is 6.08 Å². The number of benzene rings is 2. The van der Waals surface area contributed by atoms with Crippen molar-refractivity contribution in [2.45, 2.75) is 6.92 Å². The van der Waals surface area contributed by atoms with Crippen LogP contribution in [0.1, 0.15) is 11.1 Å². The maximum Gasteiger partial charge on any atom is 0.331 e. The van der Waals surface area contributed by atoms with Gasteiger partial charge in [-0.3, -0.25) is 4.79 Å². The van der Waals surface area contributed by atoms with Crippen LogP contribution >= 0.6 is 0 Å². The molecule has 7 nitrogen and oxygen atoms in total. The number of ether oxygens (including phenoxy) is 4. The van der Waals surface area contributed by atoms with Gasteiger partial charge in [0.15, 0.2) is 18.1 Å². The average molecular weight is 385 g/mol. The molecule has 2 rings (SSSR count). The Balaban J connectivity index is 1.91. The fourth-order valence-corrected chi connectivity index (χ4v) is 2.41. The lowest BCUT2D eigenvalue weighted by Gasteiger charge is -2.11. The van der Waals surface area contributed by atoms with Gasteiger partial charge in [-0.15, -0.1) is 0 Å². The normalized spacial score (nSPS) is 10.4. The summed E-state index contributed by atoms with van der Waals surface area (Å²) < 4.78 is 20.5. The molecule has 1 amide bonds. The molecule has 0 heterocycles. The van der Waals surface area contributed by atoms with Crippen LogP contribution < -0.4 is 19.5 Å². The van der Waals surface area contributed by atoms with Crippen LogP contribution in [0, 0.1) is 6.92 Å². The van der Waals surface area contributed by atoms with Crippen molar-refractivity contribution in [3.05, 3.63) is 53.6 Å². The molecule has 0 aliphatic carbocycles. The summed E-state index contributed by atoms with van der Waals surface area (Å²) in [5.74, 6) is 0.562. The van der Waals surface area contributed by atoms with Gasteiger partial charge in [-0.05, 0) is 48.4 Å². The van der Waals surface area contributed by atoms with Crippen molar-refractivity contribution in [1.82, 2.24) is 0 Å². The first-order chi connectivity index (χ1) is 13.5. The number of methoxy groups -OCH3 is 3. The molecular formula is C21H23NO6. The van der Waals surface area contributed by atoms with Crippen LogP contribution in [0.2, 0.25) is 0 Å². The van der Waals surface area contributed by atoms with Gasteiger partial charge in [0.05, 0.1) is 27.0 Å². The van der Waals surface area contributed by atoms with Crippen LogP contribution in [-0.4, -0.2) is 39.8 Å². The monoisotopic (exact) mass is 385 g/mol. The molecule has 0 atom stereocenters. The van der Waals surface area contributed by atoms with E-state index in [1.165, 1.54) is 20.3 Å². The second-order valence-corrected chi connectivity index (χ2v) is 5.81. The molecule has 148 valence electrons. The Morgan fingerprint density at radius 2 is 1.61 bits per heavy atom. The molecule has 2 aromatic rings. The quantitative estimate of drug-likeness (QED) is 0.555. The molecule has 0 aliphatic heterocycles. The van der Waals surface area contributed by atoms with Crippen LogP contribution in [0.15, 0.2) is 42.5 Å². The van der Waals surface area contributed by atoms with E-state index in [4.69, 9.17) is 18.9 Å². The highest BCUT2D eigenvalue weighted by atomic mass is 16.5. The van der Waals surface area contributed by atoms with Crippen molar-refractivity contribution >= 4 is 23.6 Å². The summed E-state index contributed by atoms with van der Waals surface area (Å²) in [5, 5.41) is 2.66. The summed E-state index contributed by atoms with van der Waals surface area (Å²) in [5.41, 5.74) is 2.21. The average Bonchev–Trinajstić information content (AvgIpc) is 2.70. The number of amides is 1. The summed E-state index contributed by atoms with van der Waals surface area (Å²) in [6.45, 7) is 1.49. The molecule has 0 aliphatic rings. The maximum atomic E-state index is 12.0.